The smallest absolute Gasteiger partial charge is 0.332 e. The number of imidazole rings is 1. The zero-order valence-corrected chi connectivity index (χ0v) is 10.1. The van der Waals surface area contributed by atoms with Crippen LogP contribution in [0.15, 0.2) is 9.59 Å². The molecule has 96 valence electrons. The third kappa shape index (κ3) is 1.48. The molecule has 2 heterocycles. The number of nitrogens with one attached hydrogen (secondary N) is 1. The van der Waals surface area contributed by atoms with Gasteiger partial charge >= 0.3 is 11.7 Å². The molecule has 3 N–H and O–H groups in total. The second kappa shape index (κ2) is 3.72. The molecule has 0 saturated carbocycles. The molecule has 2 aromatic heterocycles. The van der Waals surface area contributed by atoms with E-state index in [-0.39, 0.29) is 17.1 Å². The highest BCUT2D eigenvalue weighted by Gasteiger charge is 2.17. The van der Waals surface area contributed by atoms with Gasteiger partial charge in [0.15, 0.2) is 11.2 Å². The minimum Gasteiger partial charge on any atom is -0.351 e. The Morgan fingerprint density at radius 2 is 1.78 bits per heavy atom. The van der Waals surface area contributed by atoms with Crippen molar-refractivity contribution in [3.05, 3.63) is 20.8 Å². The molecule has 0 saturated heterocycles. The van der Waals surface area contributed by atoms with Crippen molar-refractivity contribution < 1.29 is 4.79 Å². The lowest BCUT2D eigenvalue weighted by molar-refractivity contribution is 0.259. The molecular weight excluding hydrogens is 240 g/mol. The average Bonchev–Trinajstić information content (AvgIpc) is 2.61. The number of aromatic nitrogens is 4. The SMILES string of the molecule is Cn1c(=O)c2c(nc(NC(N)=O)n2C)n(C)c1=O. The molecule has 9 nitrogen and oxygen atoms in total. The number of primary amides is 1. The van der Waals surface area contributed by atoms with E-state index in [1.807, 2.05) is 0 Å². The molecule has 0 radical (unpaired) electrons. The van der Waals surface area contributed by atoms with Crippen LogP contribution in [0.2, 0.25) is 0 Å². The van der Waals surface area contributed by atoms with Gasteiger partial charge in [0.05, 0.1) is 0 Å². The molecule has 2 rings (SSSR count). The zero-order valence-electron chi connectivity index (χ0n) is 10.1. The van der Waals surface area contributed by atoms with Gasteiger partial charge in [-0.25, -0.2) is 9.59 Å². The maximum absolute atomic E-state index is 12.0. The Bertz CT molecular complexity index is 765. The highest BCUT2D eigenvalue weighted by Crippen LogP contribution is 2.12. The highest BCUT2D eigenvalue weighted by molar-refractivity contribution is 5.88. The quantitative estimate of drug-likeness (QED) is 0.639. The number of rotatable bonds is 1. The summed E-state index contributed by atoms with van der Waals surface area (Å²) in [6.45, 7) is 0. The maximum atomic E-state index is 12.0. The topological polar surface area (TPSA) is 117 Å². The summed E-state index contributed by atoms with van der Waals surface area (Å²) in [6, 6.07) is -0.796. The van der Waals surface area contributed by atoms with Gasteiger partial charge in [-0.3, -0.25) is 19.2 Å². The Balaban J connectivity index is 2.93. The van der Waals surface area contributed by atoms with E-state index in [1.54, 1.807) is 7.05 Å². The summed E-state index contributed by atoms with van der Waals surface area (Å²) in [6.07, 6.45) is 0. The number of hydrogen-bond acceptors (Lipinski definition) is 4. The fourth-order valence-electron chi connectivity index (χ4n) is 1.74. The molecule has 18 heavy (non-hydrogen) atoms. The summed E-state index contributed by atoms with van der Waals surface area (Å²) in [7, 11) is 4.41. The number of amides is 2. The van der Waals surface area contributed by atoms with Crippen LogP contribution in [0, 0.1) is 0 Å². The minimum atomic E-state index is -0.796. The number of nitrogens with zero attached hydrogens (tertiary/aromatic N) is 4. The van der Waals surface area contributed by atoms with Gasteiger partial charge in [0.1, 0.15) is 0 Å². The summed E-state index contributed by atoms with van der Waals surface area (Å²) in [5.41, 5.74) is 4.42. The number of urea groups is 1. The molecule has 9 heteroatoms. The van der Waals surface area contributed by atoms with Crippen molar-refractivity contribution in [2.45, 2.75) is 0 Å². The lowest BCUT2D eigenvalue weighted by Crippen LogP contribution is -2.37. The highest BCUT2D eigenvalue weighted by atomic mass is 16.2. The van der Waals surface area contributed by atoms with Crippen molar-refractivity contribution in [1.82, 2.24) is 18.7 Å². The first kappa shape index (κ1) is 11.9. The van der Waals surface area contributed by atoms with Crippen LogP contribution in [0.25, 0.3) is 11.2 Å². The van der Waals surface area contributed by atoms with Crippen LogP contribution in [0.3, 0.4) is 0 Å². The monoisotopic (exact) mass is 252 g/mol. The van der Waals surface area contributed by atoms with Crippen LogP contribution in [0.1, 0.15) is 0 Å². The van der Waals surface area contributed by atoms with Crippen molar-refractivity contribution in [1.29, 1.82) is 0 Å². The van der Waals surface area contributed by atoms with Crippen LogP contribution >= 0.6 is 0 Å². The molecule has 0 fully saturated rings. The zero-order chi connectivity index (χ0) is 13.6. The molecule has 0 aromatic carbocycles. The number of carbonyl (C=O) groups excluding carboxylic acids is 1. The summed E-state index contributed by atoms with van der Waals surface area (Å²) in [5.74, 6) is 0.107. The number of carbonyl (C=O) groups is 1. The van der Waals surface area contributed by atoms with E-state index in [4.69, 9.17) is 5.73 Å². The van der Waals surface area contributed by atoms with Gasteiger partial charge in [0.25, 0.3) is 5.56 Å². The van der Waals surface area contributed by atoms with Crippen LogP contribution in [-0.2, 0) is 21.1 Å². The Hall–Kier alpha value is -2.58. The molecule has 2 amide bonds. The second-order valence-corrected chi connectivity index (χ2v) is 3.86. The van der Waals surface area contributed by atoms with Crippen molar-refractivity contribution >= 4 is 23.1 Å². The normalized spacial score (nSPS) is 10.8. The van der Waals surface area contributed by atoms with E-state index in [9.17, 15) is 14.4 Å². The van der Waals surface area contributed by atoms with Gasteiger partial charge in [-0.15, -0.1) is 0 Å². The van der Waals surface area contributed by atoms with E-state index >= 15 is 0 Å². The van der Waals surface area contributed by atoms with E-state index in [2.05, 4.69) is 10.3 Å². The maximum Gasteiger partial charge on any atom is 0.332 e. The first-order valence-electron chi connectivity index (χ1n) is 5.03. The molecule has 0 aliphatic heterocycles. The van der Waals surface area contributed by atoms with Crippen LogP contribution in [0.4, 0.5) is 10.7 Å². The second-order valence-electron chi connectivity index (χ2n) is 3.86. The summed E-state index contributed by atoms with van der Waals surface area (Å²) < 4.78 is 3.57. The van der Waals surface area contributed by atoms with Crippen molar-refractivity contribution in [2.24, 2.45) is 26.9 Å². The molecule has 0 spiro atoms. The number of hydrogen-bond donors (Lipinski definition) is 2. The van der Waals surface area contributed by atoms with Gasteiger partial charge < -0.3 is 10.3 Å². The average molecular weight is 252 g/mol. The molecule has 2 aromatic rings. The van der Waals surface area contributed by atoms with Gasteiger partial charge in [0, 0.05) is 21.1 Å². The van der Waals surface area contributed by atoms with Crippen molar-refractivity contribution in [2.75, 3.05) is 5.32 Å². The fraction of sp³-hybridized carbons (Fsp3) is 0.333. The first-order valence-corrected chi connectivity index (χ1v) is 5.03. The molecule has 0 atom stereocenters. The Morgan fingerprint density at radius 1 is 1.17 bits per heavy atom. The largest absolute Gasteiger partial charge is 0.351 e. The standard InChI is InChI=1S/C9H12N6O3/c1-13-4-5(11-8(13)12-7(10)17)14(2)9(18)15(3)6(4)16/h1-3H3,(H3,10,11,12,17). The lowest BCUT2D eigenvalue weighted by Gasteiger charge is -2.03. The van der Waals surface area contributed by atoms with Crippen molar-refractivity contribution in [3.63, 3.8) is 0 Å². The van der Waals surface area contributed by atoms with Gasteiger partial charge in [0.2, 0.25) is 5.95 Å². The van der Waals surface area contributed by atoms with E-state index < -0.39 is 17.3 Å². The molecule has 0 aliphatic carbocycles. The molecule has 0 bridgehead atoms. The van der Waals surface area contributed by atoms with Gasteiger partial charge in [-0.05, 0) is 0 Å². The minimum absolute atomic E-state index is 0.107. The third-order valence-corrected chi connectivity index (χ3v) is 2.71. The number of aryl methyl sites for hydroxylation is 2. The van der Waals surface area contributed by atoms with Gasteiger partial charge in [-0.2, -0.15) is 4.98 Å². The molecular formula is C9H12N6O3. The molecule has 0 unspecified atom stereocenters. The Labute approximate surface area is 100 Å². The van der Waals surface area contributed by atoms with Crippen LogP contribution < -0.4 is 22.3 Å². The number of nitrogens with two attached hydrogens (primary N) is 1. The van der Waals surface area contributed by atoms with Crippen LogP contribution in [0.5, 0.6) is 0 Å². The molecule has 0 aliphatic rings. The van der Waals surface area contributed by atoms with Gasteiger partial charge in [-0.1, -0.05) is 0 Å². The van der Waals surface area contributed by atoms with Crippen LogP contribution in [-0.4, -0.2) is 24.7 Å². The number of fused-ring (bicyclic) bond motifs is 1. The predicted octanol–water partition coefficient (Wildman–Crippen LogP) is -1.54. The summed E-state index contributed by atoms with van der Waals surface area (Å²) >= 11 is 0. The summed E-state index contributed by atoms with van der Waals surface area (Å²) in [5, 5.41) is 2.28. The third-order valence-electron chi connectivity index (χ3n) is 2.71. The van der Waals surface area contributed by atoms with Crippen molar-refractivity contribution in [3.8, 4) is 0 Å². The van der Waals surface area contributed by atoms with E-state index in [0.717, 1.165) is 4.57 Å². The fourth-order valence-corrected chi connectivity index (χ4v) is 1.74. The number of anilines is 1. The van der Waals surface area contributed by atoms with E-state index in [1.165, 1.54) is 23.2 Å². The Morgan fingerprint density at radius 3 is 2.33 bits per heavy atom. The summed E-state index contributed by atoms with van der Waals surface area (Å²) in [4.78, 5) is 38.5. The first-order chi connectivity index (χ1) is 8.34. The lowest BCUT2D eigenvalue weighted by atomic mass is 10.5. The predicted molar refractivity (Wildman–Crippen MR) is 64.4 cm³/mol. The van der Waals surface area contributed by atoms with E-state index in [0.29, 0.717) is 0 Å². The Kier molecular flexibility index (Phi) is 2.46.